The van der Waals surface area contributed by atoms with Crippen LogP contribution < -0.4 is 5.32 Å². The summed E-state index contributed by atoms with van der Waals surface area (Å²) >= 11 is 5.74. The van der Waals surface area contributed by atoms with E-state index in [2.05, 4.69) is 54.0 Å². The third-order valence-corrected chi connectivity index (χ3v) is 3.51. The molecule has 1 aromatic carbocycles. The first kappa shape index (κ1) is 13.0. The second kappa shape index (κ2) is 5.92. The fraction of sp³-hybridized carbons (Fsp3) is 0.273. The molecular formula is C11H11BrIN3O. The Kier molecular flexibility index (Phi) is 4.52. The maximum absolute atomic E-state index is 5.59. The van der Waals surface area contributed by atoms with Gasteiger partial charge in [-0.05, 0) is 63.3 Å². The highest BCUT2D eigenvalue weighted by molar-refractivity contribution is 14.1. The molecule has 0 unspecified atom stereocenters. The van der Waals surface area contributed by atoms with E-state index in [4.69, 9.17) is 4.42 Å². The second-order valence-electron chi connectivity index (χ2n) is 3.41. The molecule has 0 atom stereocenters. The van der Waals surface area contributed by atoms with E-state index in [1.807, 2.05) is 25.1 Å². The Balaban J connectivity index is 2.27. The van der Waals surface area contributed by atoms with Crippen molar-refractivity contribution in [3.63, 3.8) is 0 Å². The topological polar surface area (TPSA) is 51.0 Å². The SMILES string of the molecule is CCNCc1nnc(-c2cc(I)ccc2Br)o1. The van der Waals surface area contributed by atoms with Gasteiger partial charge in [0, 0.05) is 8.04 Å². The van der Waals surface area contributed by atoms with Gasteiger partial charge in [-0.15, -0.1) is 10.2 Å². The van der Waals surface area contributed by atoms with Crippen LogP contribution in [0.15, 0.2) is 27.1 Å². The first-order valence-corrected chi connectivity index (χ1v) is 7.06. The summed E-state index contributed by atoms with van der Waals surface area (Å²) in [6, 6.07) is 6.00. The summed E-state index contributed by atoms with van der Waals surface area (Å²) < 4.78 is 7.68. The molecule has 1 heterocycles. The maximum Gasteiger partial charge on any atom is 0.248 e. The molecule has 0 bridgehead atoms. The third-order valence-electron chi connectivity index (χ3n) is 2.15. The average molecular weight is 408 g/mol. The monoisotopic (exact) mass is 407 g/mol. The van der Waals surface area contributed by atoms with Crippen LogP contribution in [0.25, 0.3) is 11.5 Å². The summed E-state index contributed by atoms with van der Waals surface area (Å²) in [5.74, 6) is 1.15. The van der Waals surface area contributed by atoms with Crippen molar-refractivity contribution in [2.75, 3.05) is 6.54 Å². The molecular weight excluding hydrogens is 397 g/mol. The van der Waals surface area contributed by atoms with Gasteiger partial charge in [0.15, 0.2) is 0 Å². The molecule has 0 aliphatic carbocycles. The molecule has 6 heteroatoms. The van der Waals surface area contributed by atoms with Crippen LogP contribution in [0.5, 0.6) is 0 Å². The van der Waals surface area contributed by atoms with Gasteiger partial charge in [-0.25, -0.2) is 0 Å². The molecule has 0 amide bonds. The van der Waals surface area contributed by atoms with Crippen molar-refractivity contribution in [2.24, 2.45) is 0 Å². The Morgan fingerprint density at radius 2 is 2.24 bits per heavy atom. The lowest BCUT2D eigenvalue weighted by Gasteiger charge is -1.99. The Morgan fingerprint density at radius 1 is 1.41 bits per heavy atom. The minimum absolute atomic E-state index is 0.545. The summed E-state index contributed by atoms with van der Waals surface area (Å²) in [5.41, 5.74) is 0.923. The van der Waals surface area contributed by atoms with Gasteiger partial charge in [-0.2, -0.15) is 0 Å². The highest BCUT2D eigenvalue weighted by Crippen LogP contribution is 2.28. The minimum atomic E-state index is 0.545. The van der Waals surface area contributed by atoms with Gasteiger partial charge in [0.05, 0.1) is 12.1 Å². The van der Waals surface area contributed by atoms with Gasteiger partial charge in [-0.1, -0.05) is 6.92 Å². The van der Waals surface area contributed by atoms with Crippen molar-refractivity contribution < 1.29 is 4.42 Å². The van der Waals surface area contributed by atoms with Crippen molar-refractivity contribution in [1.82, 2.24) is 15.5 Å². The number of nitrogens with one attached hydrogen (secondary N) is 1. The van der Waals surface area contributed by atoms with Crippen molar-refractivity contribution in [3.05, 3.63) is 32.1 Å². The molecule has 0 saturated heterocycles. The first-order chi connectivity index (χ1) is 8.20. The molecule has 2 rings (SSSR count). The van der Waals surface area contributed by atoms with Crippen LogP contribution in [0.4, 0.5) is 0 Å². The van der Waals surface area contributed by atoms with Gasteiger partial charge in [0.1, 0.15) is 0 Å². The molecule has 0 spiro atoms. The highest BCUT2D eigenvalue weighted by Gasteiger charge is 2.11. The van der Waals surface area contributed by atoms with E-state index in [9.17, 15) is 0 Å². The fourth-order valence-electron chi connectivity index (χ4n) is 1.33. The molecule has 0 aliphatic rings. The second-order valence-corrected chi connectivity index (χ2v) is 5.51. The molecule has 17 heavy (non-hydrogen) atoms. The zero-order valence-electron chi connectivity index (χ0n) is 9.20. The minimum Gasteiger partial charge on any atom is -0.419 e. The van der Waals surface area contributed by atoms with Gasteiger partial charge in [0.2, 0.25) is 11.8 Å². The summed E-state index contributed by atoms with van der Waals surface area (Å²) in [6.07, 6.45) is 0. The van der Waals surface area contributed by atoms with Gasteiger partial charge >= 0.3 is 0 Å². The predicted octanol–water partition coefficient (Wildman–Crippen LogP) is 3.21. The quantitative estimate of drug-likeness (QED) is 0.790. The Hall–Kier alpha value is -0.470. The van der Waals surface area contributed by atoms with Crippen LogP contribution in [0, 0.1) is 3.57 Å². The van der Waals surface area contributed by atoms with Crippen LogP contribution in [0.1, 0.15) is 12.8 Å². The van der Waals surface area contributed by atoms with Gasteiger partial charge < -0.3 is 9.73 Å². The number of rotatable bonds is 4. The van der Waals surface area contributed by atoms with Crippen LogP contribution in [0.3, 0.4) is 0 Å². The molecule has 1 aromatic heterocycles. The third kappa shape index (κ3) is 3.26. The predicted molar refractivity (Wildman–Crippen MR) is 77.5 cm³/mol. The zero-order chi connectivity index (χ0) is 12.3. The van der Waals surface area contributed by atoms with Crippen LogP contribution in [-0.4, -0.2) is 16.7 Å². The Morgan fingerprint density at radius 3 is 3.00 bits per heavy atom. The number of halogens is 2. The molecule has 0 saturated carbocycles. The number of hydrogen-bond donors (Lipinski definition) is 1. The molecule has 2 aromatic rings. The van der Waals surface area contributed by atoms with Crippen molar-refractivity contribution in [2.45, 2.75) is 13.5 Å². The Labute approximate surface area is 121 Å². The number of benzene rings is 1. The standard InChI is InChI=1S/C11H11BrIN3O/c1-2-14-6-10-15-16-11(17-10)8-5-7(13)3-4-9(8)12/h3-5,14H,2,6H2,1H3. The van der Waals surface area contributed by atoms with Crippen molar-refractivity contribution in [1.29, 1.82) is 0 Å². The lowest BCUT2D eigenvalue weighted by atomic mass is 10.2. The van der Waals surface area contributed by atoms with Gasteiger partial charge in [0.25, 0.3) is 0 Å². The highest BCUT2D eigenvalue weighted by atomic mass is 127. The number of nitrogens with zero attached hydrogens (tertiary/aromatic N) is 2. The van der Waals surface area contributed by atoms with E-state index in [-0.39, 0.29) is 0 Å². The van der Waals surface area contributed by atoms with Crippen molar-refractivity contribution >= 4 is 38.5 Å². The van der Waals surface area contributed by atoms with E-state index in [0.717, 1.165) is 20.2 Å². The number of hydrogen-bond acceptors (Lipinski definition) is 4. The summed E-state index contributed by atoms with van der Waals surface area (Å²) in [7, 11) is 0. The van der Waals surface area contributed by atoms with E-state index in [1.165, 1.54) is 0 Å². The molecule has 0 aliphatic heterocycles. The smallest absolute Gasteiger partial charge is 0.248 e. The summed E-state index contributed by atoms with van der Waals surface area (Å²) in [5, 5.41) is 11.2. The first-order valence-electron chi connectivity index (χ1n) is 5.19. The molecule has 0 fully saturated rings. The maximum atomic E-state index is 5.59. The number of aromatic nitrogens is 2. The molecule has 4 nitrogen and oxygen atoms in total. The van der Waals surface area contributed by atoms with Crippen LogP contribution >= 0.6 is 38.5 Å². The lowest BCUT2D eigenvalue weighted by molar-refractivity contribution is 0.482. The summed E-state index contributed by atoms with van der Waals surface area (Å²) in [4.78, 5) is 0. The van der Waals surface area contributed by atoms with E-state index >= 15 is 0 Å². The molecule has 1 N–H and O–H groups in total. The van der Waals surface area contributed by atoms with Crippen LogP contribution in [-0.2, 0) is 6.54 Å². The van der Waals surface area contributed by atoms with E-state index < -0.39 is 0 Å². The molecule has 0 radical (unpaired) electrons. The fourth-order valence-corrected chi connectivity index (χ4v) is 2.23. The normalized spacial score (nSPS) is 10.8. The summed E-state index contributed by atoms with van der Waals surface area (Å²) in [6.45, 7) is 3.52. The van der Waals surface area contributed by atoms with E-state index in [0.29, 0.717) is 18.3 Å². The van der Waals surface area contributed by atoms with E-state index in [1.54, 1.807) is 0 Å². The van der Waals surface area contributed by atoms with Crippen LogP contribution in [0.2, 0.25) is 0 Å². The Bertz CT molecular complexity index is 515. The largest absolute Gasteiger partial charge is 0.419 e. The average Bonchev–Trinajstić information content (AvgIpc) is 2.78. The zero-order valence-corrected chi connectivity index (χ0v) is 12.9. The molecule has 90 valence electrons. The van der Waals surface area contributed by atoms with Crippen molar-refractivity contribution in [3.8, 4) is 11.5 Å². The lowest BCUT2D eigenvalue weighted by Crippen LogP contribution is -2.11. The van der Waals surface area contributed by atoms with Gasteiger partial charge in [-0.3, -0.25) is 0 Å².